The predicted octanol–water partition coefficient (Wildman–Crippen LogP) is 1.48. The maximum atomic E-state index is 12.2. The molecule has 1 fully saturated rings. The van der Waals surface area contributed by atoms with Crippen molar-refractivity contribution in [2.24, 2.45) is 0 Å². The average Bonchev–Trinajstić information content (AvgIpc) is 2.81. The van der Waals surface area contributed by atoms with Gasteiger partial charge in [-0.1, -0.05) is 18.2 Å². The Balaban J connectivity index is 1.29. The number of H-pyrrole nitrogens is 1. The van der Waals surface area contributed by atoms with Crippen molar-refractivity contribution in [2.75, 3.05) is 43.1 Å². The van der Waals surface area contributed by atoms with Crippen LogP contribution in [-0.4, -0.2) is 55.0 Å². The fourth-order valence-electron chi connectivity index (χ4n) is 3.41. The lowest BCUT2D eigenvalue weighted by molar-refractivity contribution is -0.146. The van der Waals surface area contributed by atoms with Crippen molar-refractivity contribution >= 4 is 34.0 Å². The van der Waals surface area contributed by atoms with Crippen molar-refractivity contribution in [3.63, 3.8) is 0 Å². The Labute approximate surface area is 178 Å². The number of anilines is 2. The lowest BCUT2D eigenvalue weighted by Crippen LogP contribution is -2.36. The minimum Gasteiger partial charge on any atom is -0.455 e. The van der Waals surface area contributed by atoms with Crippen LogP contribution in [0.1, 0.15) is 5.69 Å². The van der Waals surface area contributed by atoms with Crippen LogP contribution in [0.25, 0.3) is 10.8 Å². The summed E-state index contributed by atoms with van der Waals surface area (Å²) in [5, 5.41) is 10.0. The molecule has 1 aliphatic heterocycles. The van der Waals surface area contributed by atoms with E-state index in [4.69, 9.17) is 9.47 Å². The quantitative estimate of drug-likeness (QED) is 0.579. The number of ether oxygens (including phenoxy) is 2. The van der Waals surface area contributed by atoms with Crippen molar-refractivity contribution in [3.05, 3.63) is 64.6 Å². The Kier molecular flexibility index (Phi) is 6.23. The molecule has 160 valence electrons. The first-order chi connectivity index (χ1) is 15.1. The molecule has 1 amide bonds. The maximum Gasteiger partial charge on any atom is 0.312 e. The molecule has 2 heterocycles. The van der Waals surface area contributed by atoms with E-state index < -0.39 is 18.5 Å². The van der Waals surface area contributed by atoms with Gasteiger partial charge in [-0.25, -0.2) is 5.10 Å². The molecular formula is C22H22N4O5. The summed E-state index contributed by atoms with van der Waals surface area (Å²) in [6.07, 6.45) is -0.154. The topological polar surface area (TPSA) is 114 Å². The third-order valence-electron chi connectivity index (χ3n) is 4.98. The van der Waals surface area contributed by atoms with Gasteiger partial charge in [-0.15, -0.1) is 0 Å². The Morgan fingerprint density at radius 3 is 2.52 bits per heavy atom. The minimum atomic E-state index is -0.609. The van der Waals surface area contributed by atoms with Gasteiger partial charge in [0, 0.05) is 29.9 Å². The summed E-state index contributed by atoms with van der Waals surface area (Å²) in [6, 6.07) is 14.3. The highest BCUT2D eigenvalue weighted by Crippen LogP contribution is 2.19. The number of rotatable bonds is 6. The Hall–Kier alpha value is -3.72. The zero-order valence-electron chi connectivity index (χ0n) is 16.8. The van der Waals surface area contributed by atoms with Crippen LogP contribution in [0.15, 0.2) is 53.3 Å². The zero-order chi connectivity index (χ0) is 21.6. The van der Waals surface area contributed by atoms with E-state index in [2.05, 4.69) is 20.4 Å². The summed E-state index contributed by atoms with van der Waals surface area (Å²) in [5.74, 6) is -1.05. The van der Waals surface area contributed by atoms with Crippen LogP contribution in [0.3, 0.4) is 0 Å². The monoisotopic (exact) mass is 422 g/mol. The Morgan fingerprint density at radius 1 is 1.06 bits per heavy atom. The highest BCUT2D eigenvalue weighted by Gasteiger charge is 2.14. The third-order valence-corrected chi connectivity index (χ3v) is 4.98. The molecule has 0 unspecified atom stereocenters. The summed E-state index contributed by atoms with van der Waals surface area (Å²) in [4.78, 5) is 38.3. The number of aromatic nitrogens is 2. The lowest BCUT2D eigenvalue weighted by atomic mass is 10.1. The minimum absolute atomic E-state index is 0.154. The van der Waals surface area contributed by atoms with E-state index >= 15 is 0 Å². The molecule has 31 heavy (non-hydrogen) atoms. The second kappa shape index (κ2) is 9.40. The fraction of sp³-hybridized carbons (Fsp3) is 0.273. The first-order valence-corrected chi connectivity index (χ1v) is 9.95. The van der Waals surface area contributed by atoms with Gasteiger partial charge in [-0.3, -0.25) is 14.4 Å². The number of carbonyl (C=O) groups excluding carboxylic acids is 2. The summed E-state index contributed by atoms with van der Waals surface area (Å²) in [7, 11) is 0. The number of fused-ring (bicyclic) bond motifs is 1. The summed E-state index contributed by atoms with van der Waals surface area (Å²) >= 11 is 0. The average molecular weight is 422 g/mol. The number of nitrogens with one attached hydrogen (secondary N) is 2. The van der Waals surface area contributed by atoms with Gasteiger partial charge in [0.1, 0.15) is 0 Å². The van der Waals surface area contributed by atoms with Crippen molar-refractivity contribution in [3.8, 4) is 0 Å². The molecule has 2 aromatic carbocycles. The molecule has 4 rings (SSSR count). The van der Waals surface area contributed by atoms with Gasteiger partial charge in [0.05, 0.1) is 30.7 Å². The van der Waals surface area contributed by atoms with Crippen LogP contribution in [0, 0.1) is 0 Å². The number of hydrogen-bond acceptors (Lipinski definition) is 7. The van der Waals surface area contributed by atoms with E-state index in [1.54, 1.807) is 36.4 Å². The molecule has 0 aliphatic carbocycles. The Morgan fingerprint density at radius 2 is 1.77 bits per heavy atom. The van der Waals surface area contributed by atoms with Crippen molar-refractivity contribution in [2.45, 2.75) is 6.42 Å². The van der Waals surface area contributed by atoms with Crippen LogP contribution < -0.4 is 15.8 Å². The van der Waals surface area contributed by atoms with Crippen molar-refractivity contribution in [1.29, 1.82) is 0 Å². The number of esters is 1. The van der Waals surface area contributed by atoms with Crippen LogP contribution in [0.2, 0.25) is 0 Å². The smallest absolute Gasteiger partial charge is 0.312 e. The number of hydrogen-bond donors (Lipinski definition) is 2. The highest BCUT2D eigenvalue weighted by atomic mass is 16.5. The van der Waals surface area contributed by atoms with Crippen LogP contribution in [0.5, 0.6) is 0 Å². The van der Waals surface area contributed by atoms with Gasteiger partial charge >= 0.3 is 5.97 Å². The predicted molar refractivity (Wildman–Crippen MR) is 115 cm³/mol. The number of benzene rings is 2. The summed E-state index contributed by atoms with van der Waals surface area (Å²) < 4.78 is 10.4. The molecule has 0 atom stereocenters. The van der Waals surface area contributed by atoms with Crippen LogP contribution >= 0.6 is 0 Å². The summed E-state index contributed by atoms with van der Waals surface area (Å²) in [5.41, 5.74) is 1.74. The number of carbonyl (C=O) groups is 2. The van der Waals surface area contributed by atoms with Crippen LogP contribution in [0.4, 0.5) is 11.4 Å². The van der Waals surface area contributed by atoms with Crippen molar-refractivity contribution in [1.82, 2.24) is 10.2 Å². The van der Waals surface area contributed by atoms with Gasteiger partial charge in [-0.2, -0.15) is 5.10 Å². The molecule has 2 N–H and O–H groups in total. The first kappa shape index (κ1) is 20.5. The van der Waals surface area contributed by atoms with E-state index in [1.165, 1.54) is 0 Å². The SMILES string of the molecule is O=C(COC(=O)Cc1n[nH]c(=O)c2ccccc12)Nc1ccc(N2CCOCC2)cc1. The van der Waals surface area contributed by atoms with Gasteiger partial charge in [0.2, 0.25) is 0 Å². The molecule has 9 nitrogen and oxygen atoms in total. The molecule has 0 bridgehead atoms. The van der Waals surface area contributed by atoms with Crippen molar-refractivity contribution < 1.29 is 19.1 Å². The summed E-state index contributed by atoms with van der Waals surface area (Å²) in [6.45, 7) is 2.66. The molecule has 1 aliphatic rings. The van der Waals surface area contributed by atoms with E-state index in [1.807, 2.05) is 12.1 Å². The van der Waals surface area contributed by atoms with Gasteiger partial charge in [0.15, 0.2) is 6.61 Å². The molecule has 3 aromatic rings. The molecule has 1 saturated heterocycles. The molecule has 9 heteroatoms. The molecule has 0 radical (unpaired) electrons. The normalized spacial score (nSPS) is 13.7. The number of amides is 1. The first-order valence-electron chi connectivity index (χ1n) is 9.95. The lowest BCUT2D eigenvalue weighted by Gasteiger charge is -2.28. The number of aromatic amines is 1. The second-order valence-corrected chi connectivity index (χ2v) is 7.08. The molecular weight excluding hydrogens is 400 g/mol. The largest absolute Gasteiger partial charge is 0.455 e. The standard InChI is InChI=1S/C22H22N4O5/c27-20(23-15-5-7-16(8-6-15)26-9-11-30-12-10-26)14-31-21(28)13-19-17-3-1-2-4-18(17)22(29)25-24-19/h1-8H,9-14H2,(H,23,27)(H,25,29). The molecule has 0 saturated carbocycles. The van der Waals surface area contributed by atoms with E-state index in [9.17, 15) is 14.4 Å². The highest BCUT2D eigenvalue weighted by molar-refractivity contribution is 5.93. The van der Waals surface area contributed by atoms with Gasteiger partial charge in [0.25, 0.3) is 11.5 Å². The third kappa shape index (κ3) is 5.07. The van der Waals surface area contributed by atoms with Crippen LogP contribution in [-0.2, 0) is 25.5 Å². The number of nitrogens with zero attached hydrogens (tertiary/aromatic N) is 2. The van der Waals surface area contributed by atoms with Gasteiger partial charge < -0.3 is 19.7 Å². The fourth-order valence-corrected chi connectivity index (χ4v) is 3.41. The number of morpholine rings is 1. The molecule has 0 spiro atoms. The Bertz CT molecular complexity index is 1140. The van der Waals surface area contributed by atoms with Gasteiger partial charge in [-0.05, 0) is 30.3 Å². The maximum absolute atomic E-state index is 12.2. The van der Waals surface area contributed by atoms with E-state index in [0.717, 1.165) is 18.8 Å². The zero-order valence-corrected chi connectivity index (χ0v) is 16.8. The second-order valence-electron chi connectivity index (χ2n) is 7.08. The molecule has 1 aromatic heterocycles. The van der Waals surface area contributed by atoms with E-state index in [-0.39, 0.29) is 12.0 Å². The van der Waals surface area contributed by atoms with E-state index in [0.29, 0.717) is 35.4 Å².